The lowest BCUT2D eigenvalue weighted by Gasteiger charge is -2.18. The van der Waals surface area contributed by atoms with Crippen LogP contribution in [-0.2, 0) is 6.54 Å². The van der Waals surface area contributed by atoms with Gasteiger partial charge in [0.1, 0.15) is 0 Å². The lowest BCUT2D eigenvalue weighted by molar-refractivity contribution is 0.352. The van der Waals surface area contributed by atoms with E-state index in [-0.39, 0.29) is 30.0 Å². The summed E-state index contributed by atoms with van der Waals surface area (Å²) in [6.07, 6.45) is 0. The normalized spacial score (nSPS) is 12.0. The average molecular weight is 548 g/mol. The van der Waals surface area contributed by atoms with Crippen molar-refractivity contribution in [2.24, 2.45) is 4.99 Å². The minimum Gasteiger partial charge on any atom is -0.493 e. The molecule has 0 heterocycles. The first kappa shape index (κ1) is 23.6. The van der Waals surface area contributed by atoms with Gasteiger partial charge in [0.15, 0.2) is 17.5 Å². The molecule has 2 rings (SSSR count). The van der Waals surface area contributed by atoms with Gasteiger partial charge in [-0.1, -0.05) is 30.3 Å². The lowest BCUT2D eigenvalue weighted by atomic mass is 10.1. The maximum atomic E-state index is 5.40. The Labute approximate surface area is 187 Å². The van der Waals surface area contributed by atoms with Gasteiger partial charge in [-0.2, -0.15) is 0 Å². The number of halogens is 2. The molecule has 0 spiro atoms. The highest BCUT2D eigenvalue weighted by Crippen LogP contribution is 2.36. The molecule has 7 heteroatoms. The number of nitrogens with zero attached hydrogens (tertiary/aromatic N) is 1. The predicted molar refractivity (Wildman–Crippen MR) is 125 cm³/mol. The first-order chi connectivity index (χ1) is 12.6. The number of nitrogens with one attached hydrogen (secondary N) is 2. The van der Waals surface area contributed by atoms with E-state index in [1.165, 1.54) is 5.56 Å². The van der Waals surface area contributed by atoms with Crippen molar-refractivity contribution < 1.29 is 9.47 Å². The number of hydrogen-bond acceptors (Lipinski definition) is 3. The van der Waals surface area contributed by atoms with Gasteiger partial charge in [0.2, 0.25) is 0 Å². The molecule has 2 N–H and O–H groups in total. The fourth-order valence-electron chi connectivity index (χ4n) is 2.58. The van der Waals surface area contributed by atoms with Crippen molar-refractivity contribution >= 4 is 45.9 Å². The van der Waals surface area contributed by atoms with Crippen molar-refractivity contribution in [3.05, 3.63) is 58.1 Å². The second kappa shape index (κ2) is 12.1. The molecule has 5 nitrogen and oxygen atoms in total. The molecule has 0 amide bonds. The number of rotatable bonds is 7. The molecule has 0 fully saturated rings. The third-order valence-electron chi connectivity index (χ3n) is 3.91. The van der Waals surface area contributed by atoms with Crippen LogP contribution in [0.3, 0.4) is 0 Å². The summed E-state index contributed by atoms with van der Waals surface area (Å²) < 4.78 is 11.6. The van der Waals surface area contributed by atoms with Crippen LogP contribution < -0.4 is 20.1 Å². The second-order valence-electron chi connectivity index (χ2n) is 5.79. The maximum absolute atomic E-state index is 5.40. The highest BCUT2D eigenvalue weighted by molar-refractivity contribution is 14.0. The Morgan fingerprint density at radius 2 is 1.85 bits per heavy atom. The highest BCUT2D eigenvalue weighted by atomic mass is 127. The van der Waals surface area contributed by atoms with Gasteiger partial charge in [-0.15, -0.1) is 24.0 Å². The zero-order valence-electron chi connectivity index (χ0n) is 16.1. The molecule has 0 aromatic heterocycles. The van der Waals surface area contributed by atoms with E-state index in [1.54, 1.807) is 14.2 Å². The first-order valence-corrected chi connectivity index (χ1v) is 9.38. The number of aliphatic imine (C=N–C) groups is 1. The minimum absolute atomic E-state index is 0. The molecule has 1 atom stereocenters. The molecule has 0 radical (unpaired) electrons. The summed E-state index contributed by atoms with van der Waals surface area (Å²) in [6, 6.07) is 14.4. The van der Waals surface area contributed by atoms with Gasteiger partial charge in [-0.25, -0.2) is 4.99 Å². The van der Waals surface area contributed by atoms with E-state index < -0.39 is 0 Å². The quantitative estimate of drug-likeness (QED) is 0.294. The molecule has 0 saturated heterocycles. The smallest absolute Gasteiger partial charge is 0.192 e. The zero-order valence-corrected chi connectivity index (χ0v) is 20.0. The highest BCUT2D eigenvalue weighted by Gasteiger charge is 2.11. The van der Waals surface area contributed by atoms with E-state index in [2.05, 4.69) is 52.5 Å². The van der Waals surface area contributed by atoms with Crippen molar-refractivity contribution in [1.82, 2.24) is 10.6 Å². The van der Waals surface area contributed by atoms with Crippen LogP contribution in [0.4, 0.5) is 0 Å². The Hall–Kier alpha value is -1.48. The van der Waals surface area contributed by atoms with E-state index in [4.69, 9.17) is 14.5 Å². The Morgan fingerprint density at radius 3 is 2.44 bits per heavy atom. The molecule has 2 aromatic carbocycles. The molecule has 27 heavy (non-hydrogen) atoms. The molecule has 1 unspecified atom stereocenters. The summed E-state index contributed by atoms with van der Waals surface area (Å²) in [7, 11) is 3.25. The van der Waals surface area contributed by atoms with Gasteiger partial charge in [-0.05, 0) is 53.0 Å². The third kappa shape index (κ3) is 6.88. The van der Waals surface area contributed by atoms with Gasteiger partial charge < -0.3 is 20.1 Å². The molecule has 0 aliphatic carbocycles. The summed E-state index contributed by atoms with van der Waals surface area (Å²) in [5.74, 6) is 2.14. The first-order valence-electron chi connectivity index (χ1n) is 8.59. The van der Waals surface area contributed by atoms with Crippen molar-refractivity contribution in [2.75, 3.05) is 20.8 Å². The van der Waals surface area contributed by atoms with E-state index in [0.717, 1.165) is 22.5 Å². The van der Waals surface area contributed by atoms with E-state index in [0.29, 0.717) is 18.0 Å². The molecule has 2 aromatic rings. The topological polar surface area (TPSA) is 54.9 Å². The summed E-state index contributed by atoms with van der Waals surface area (Å²) in [6.45, 7) is 5.49. The van der Waals surface area contributed by atoms with Crippen LogP contribution >= 0.6 is 39.9 Å². The molecule has 0 saturated carbocycles. The van der Waals surface area contributed by atoms with Gasteiger partial charge in [0.05, 0.1) is 31.3 Å². The summed E-state index contributed by atoms with van der Waals surface area (Å²) in [5, 5.41) is 6.73. The lowest BCUT2D eigenvalue weighted by Crippen LogP contribution is -2.38. The van der Waals surface area contributed by atoms with E-state index in [1.807, 2.05) is 30.3 Å². The fraction of sp³-hybridized carbons (Fsp3) is 0.350. The Balaban J connectivity index is 0.00000364. The van der Waals surface area contributed by atoms with Gasteiger partial charge >= 0.3 is 0 Å². The predicted octanol–water partition coefficient (Wildman–Crippen LogP) is 4.90. The van der Waals surface area contributed by atoms with Gasteiger partial charge in [0, 0.05) is 6.54 Å². The molecule has 148 valence electrons. The van der Waals surface area contributed by atoms with Crippen LogP contribution in [0.25, 0.3) is 0 Å². The molecular formula is C20H27BrIN3O2. The summed E-state index contributed by atoms with van der Waals surface area (Å²) >= 11 is 3.52. The minimum atomic E-state index is 0. The fourth-order valence-corrected chi connectivity index (χ4v) is 3.23. The van der Waals surface area contributed by atoms with Gasteiger partial charge in [-0.3, -0.25) is 0 Å². The maximum Gasteiger partial charge on any atom is 0.192 e. The number of ether oxygens (including phenoxy) is 2. The van der Waals surface area contributed by atoms with Crippen molar-refractivity contribution in [1.29, 1.82) is 0 Å². The zero-order chi connectivity index (χ0) is 18.9. The largest absolute Gasteiger partial charge is 0.493 e. The van der Waals surface area contributed by atoms with E-state index in [9.17, 15) is 0 Å². The Kier molecular flexibility index (Phi) is 10.5. The van der Waals surface area contributed by atoms with Crippen molar-refractivity contribution in [3.63, 3.8) is 0 Å². The Morgan fingerprint density at radius 1 is 1.15 bits per heavy atom. The molecule has 0 bridgehead atoms. The van der Waals surface area contributed by atoms with Crippen LogP contribution in [-0.4, -0.2) is 26.7 Å². The SMILES string of the molecule is CCNC(=NCc1cc(Br)c(OC)c(OC)c1)NC(C)c1ccccc1.I. The van der Waals surface area contributed by atoms with E-state index >= 15 is 0 Å². The average Bonchev–Trinajstić information content (AvgIpc) is 2.66. The second-order valence-corrected chi connectivity index (χ2v) is 6.64. The number of methoxy groups -OCH3 is 2. The molecule has 0 aliphatic heterocycles. The molecular weight excluding hydrogens is 521 g/mol. The van der Waals surface area contributed by atoms with Crippen LogP contribution in [0, 0.1) is 0 Å². The van der Waals surface area contributed by atoms with Crippen LogP contribution in [0.15, 0.2) is 51.9 Å². The van der Waals surface area contributed by atoms with Crippen molar-refractivity contribution in [2.45, 2.75) is 26.4 Å². The van der Waals surface area contributed by atoms with Crippen molar-refractivity contribution in [3.8, 4) is 11.5 Å². The van der Waals surface area contributed by atoms with Crippen LogP contribution in [0.2, 0.25) is 0 Å². The Bertz CT molecular complexity index is 742. The van der Waals surface area contributed by atoms with Gasteiger partial charge in [0.25, 0.3) is 0 Å². The third-order valence-corrected chi connectivity index (χ3v) is 4.50. The number of benzene rings is 2. The standard InChI is InChI=1S/C20H26BrN3O2.HI/c1-5-22-20(24-14(2)16-9-7-6-8-10-16)23-13-15-11-17(21)19(26-4)18(12-15)25-3;/h6-12,14H,5,13H2,1-4H3,(H2,22,23,24);1H. The summed E-state index contributed by atoms with van der Waals surface area (Å²) in [4.78, 5) is 4.70. The number of hydrogen-bond donors (Lipinski definition) is 2. The van der Waals surface area contributed by atoms with Crippen LogP contribution in [0.1, 0.15) is 31.0 Å². The summed E-state index contributed by atoms with van der Waals surface area (Å²) in [5.41, 5.74) is 2.24. The molecule has 0 aliphatic rings. The number of guanidine groups is 1. The monoisotopic (exact) mass is 547 g/mol. The van der Waals surface area contributed by atoms with Crippen LogP contribution in [0.5, 0.6) is 11.5 Å².